The molecule has 2 heterocycles. The van der Waals surface area contributed by atoms with Crippen LogP contribution in [0.15, 0.2) is 72.0 Å². The molecule has 0 bridgehead atoms. The second kappa shape index (κ2) is 8.17. The Morgan fingerprint density at radius 1 is 0.935 bits per heavy atom. The number of sulfonamides is 1. The van der Waals surface area contributed by atoms with E-state index in [1.54, 1.807) is 43.7 Å². The van der Waals surface area contributed by atoms with Crippen molar-refractivity contribution < 1.29 is 12.8 Å². The highest BCUT2D eigenvalue weighted by atomic mass is 32.2. The van der Waals surface area contributed by atoms with Gasteiger partial charge in [0.2, 0.25) is 0 Å². The molecule has 5 nitrogen and oxygen atoms in total. The third-order valence-corrected chi connectivity index (χ3v) is 6.33. The molecule has 4 rings (SSSR count). The summed E-state index contributed by atoms with van der Waals surface area (Å²) in [5, 5.41) is 0.708. The van der Waals surface area contributed by atoms with Crippen molar-refractivity contribution in [2.75, 3.05) is 4.72 Å². The summed E-state index contributed by atoms with van der Waals surface area (Å²) in [7, 11) is -4.01. The van der Waals surface area contributed by atoms with E-state index in [0.717, 1.165) is 5.56 Å². The van der Waals surface area contributed by atoms with E-state index in [1.807, 2.05) is 19.1 Å². The minimum absolute atomic E-state index is 0.0805. The van der Waals surface area contributed by atoms with Crippen molar-refractivity contribution in [1.29, 1.82) is 0 Å². The molecule has 0 aliphatic carbocycles. The quantitative estimate of drug-likeness (QED) is 0.482. The first-order chi connectivity index (χ1) is 14.8. The molecule has 7 heteroatoms. The van der Waals surface area contributed by atoms with Crippen molar-refractivity contribution >= 4 is 26.6 Å². The molecule has 0 spiro atoms. The van der Waals surface area contributed by atoms with E-state index < -0.39 is 15.8 Å². The van der Waals surface area contributed by atoms with Gasteiger partial charge in [-0.05, 0) is 55.3 Å². The molecular weight excluding hydrogens is 413 g/mol. The number of anilines is 1. The van der Waals surface area contributed by atoms with E-state index >= 15 is 0 Å². The second-order valence-corrected chi connectivity index (χ2v) is 8.64. The standard InChI is InChI=1S/C24H18FN3O2S/c1-16-11-13-26-15-20(16)8-7-19-14-21(25)9-10-22(19)28-31(29,30)24-17(2)5-6-18-4-3-12-27-23(18)24/h3-6,9-15,28H,1-2H3. The SMILES string of the molecule is Cc1ccncc1C#Cc1cc(F)ccc1NS(=O)(=O)c1c(C)ccc2cccnc12. The van der Waals surface area contributed by atoms with Crippen molar-refractivity contribution in [3.05, 3.63) is 95.2 Å². The molecule has 0 atom stereocenters. The molecule has 2 aromatic heterocycles. The van der Waals surface area contributed by atoms with E-state index in [4.69, 9.17) is 0 Å². The highest BCUT2D eigenvalue weighted by Gasteiger charge is 2.22. The molecule has 0 unspecified atom stereocenters. The fraction of sp³-hybridized carbons (Fsp3) is 0.0833. The fourth-order valence-corrected chi connectivity index (χ4v) is 4.68. The van der Waals surface area contributed by atoms with Crippen LogP contribution in [0.3, 0.4) is 0 Å². The number of halogens is 1. The first-order valence-electron chi connectivity index (χ1n) is 9.44. The van der Waals surface area contributed by atoms with Gasteiger partial charge in [0.25, 0.3) is 10.0 Å². The number of nitrogens with one attached hydrogen (secondary N) is 1. The Hall–Kier alpha value is -3.76. The maximum absolute atomic E-state index is 13.9. The van der Waals surface area contributed by atoms with Crippen LogP contribution in [0.5, 0.6) is 0 Å². The van der Waals surface area contributed by atoms with E-state index in [1.165, 1.54) is 18.2 Å². The largest absolute Gasteiger partial charge is 0.278 e. The number of fused-ring (bicyclic) bond motifs is 1. The van der Waals surface area contributed by atoms with Gasteiger partial charge in [-0.1, -0.05) is 30.0 Å². The van der Waals surface area contributed by atoms with Gasteiger partial charge in [0.15, 0.2) is 0 Å². The monoisotopic (exact) mass is 431 g/mol. The Morgan fingerprint density at radius 3 is 2.55 bits per heavy atom. The molecule has 1 N–H and O–H groups in total. The zero-order chi connectivity index (χ0) is 22.0. The number of hydrogen-bond donors (Lipinski definition) is 1. The predicted octanol–water partition coefficient (Wildman–Crippen LogP) is 4.59. The van der Waals surface area contributed by atoms with Gasteiger partial charge in [-0.25, -0.2) is 12.8 Å². The van der Waals surface area contributed by atoms with Gasteiger partial charge < -0.3 is 0 Å². The highest BCUT2D eigenvalue weighted by Crippen LogP contribution is 2.28. The number of aromatic nitrogens is 2. The predicted molar refractivity (Wildman–Crippen MR) is 119 cm³/mol. The lowest BCUT2D eigenvalue weighted by Crippen LogP contribution is -2.16. The van der Waals surface area contributed by atoms with Gasteiger partial charge in [-0.3, -0.25) is 14.7 Å². The van der Waals surface area contributed by atoms with E-state index in [-0.39, 0.29) is 16.1 Å². The number of hydrogen-bond acceptors (Lipinski definition) is 4. The van der Waals surface area contributed by atoms with Crippen LogP contribution in [-0.2, 0) is 10.0 Å². The van der Waals surface area contributed by atoms with Crippen LogP contribution < -0.4 is 4.72 Å². The van der Waals surface area contributed by atoms with E-state index in [0.29, 0.717) is 22.0 Å². The lowest BCUT2D eigenvalue weighted by molar-refractivity contribution is 0.601. The van der Waals surface area contributed by atoms with Gasteiger partial charge >= 0.3 is 0 Å². The topological polar surface area (TPSA) is 72.0 Å². The Bertz CT molecular complexity index is 1470. The normalized spacial score (nSPS) is 11.1. The van der Waals surface area contributed by atoms with Crippen LogP contribution in [-0.4, -0.2) is 18.4 Å². The maximum Gasteiger partial charge on any atom is 0.264 e. The van der Waals surface area contributed by atoms with Gasteiger partial charge in [0, 0.05) is 29.5 Å². The highest BCUT2D eigenvalue weighted by molar-refractivity contribution is 7.93. The molecule has 154 valence electrons. The zero-order valence-corrected chi connectivity index (χ0v) is 17.7. The molecule has 2 aromatic carbocycles. The van der Waals surface area contributed by atoms with Crippen molar-refractivity contribution in [3.63, 3.8) is 0 Å². The fourth-order valence-electron chi connectivity index (χ4n) is 3.19. The van der Waals surface area contributed by atoms with Crippen molar-refractivity contribution in [1.82, 2.24) is 9.97 Å². The summed E-state index contributed by atoms with van der Waals surface area (Å²) in [6.07, 6.45) is 4.81. The molecule has 0 saturated heterocycles. The third kappa shape index (κ3) is 4.25. The summed E-state index contributed by atoms with van der Waals surface area (Å²) >= 11 is 0. The van der Waals surface area contributed by atoms with Gasteiger partial charge in [0.05, 0.1) is 16.8 Å². The van der Waals surface area contributed by atoms with Crippen LogP contribution in [0.1, 0.15) is 22.3 Å². The summed E-state index contributed by atoms with van der Waals surface area (Å²) in [5.41, 5.74) is 2.92. The Morgan fingerprint density at radius 2 is 1.74 bits per heavy atom. The molecule has 0 fully saturated rings. The van der Waals surface area contributed by atoms with Crippen LogP contribution >= 0.6 is 0 Å². The molecule has 0 radical (unpaired) electrons. The summed E-state index contributed by atoms with van der Waals surface area (Å²) in [5.74, 6) is 5.29. The van der Waals surface area contributed by atoms with Gasteiger partial charge in [0.1, 0.15) is 10.7 Å². The van der Waals surface area contributed by atoms with Crippen LogP contribution in [0, 0.1) is 31.5 Å². The number of pyridine rings is 2. The number of rotatable bonds is 3. The van der Waals surface area contributed by atoms with Crippen molar-refractivity contribution in [2.45, 2.75) is 18.7 Å². The van der Waals surface area contributed by atoms with Crippen molar-refractivity contribution in [2.24, 2.45) is 0 Å². The summed E-state index contributed by atoms with van der Waals surface area (Å²) in [6, 6.07) is 12.7. The molecule has 0 saturated carbocycles. The molecule has 0 aliphatic rings. The average molecular weight is 431 g/mol. The summed E-state index contributed by atoms with van der Waals surface area (Å²) in [4.78, 5) is 8.38. The molecule has 4 aromatic rings. The Balaban J connectivity index is 1.79. The van der Waals surface area contributed by atoms with E-state index in [9.17, 15) is 12.8 Å². The Labute approximate surface area is 180 Å². The van der Waals surface area contributed by atoms with E-state index in [2.05, 4.69) is 26.5 Å². The zero-order valence-electron chi connectivity index (χ0n) is 16.8. The van der Waals surface area contributed by atoms with Crippen molar-refractivity contribution in [3.8, 4) is 11.8 Å². The number of nitrogens with zero attached hydrogens (tertiary/aromatic N) is 2. The van der Waals surface area contributed by atoms with Crippen LogP contribution in [0.2, 0.25) is 0 Å². The maximum atomic E-state index is 13.9. The Kier molecular flexibility index (Phi) is 5.40. The minimum atomic E-state index is -4.01. The molecule has 0 amide bonds. The summed E-state index contributed by atoms with van der Waals surface area (Å²) < 4.78 is 43.1. The first kappa shape index (κ1) is 20.5. The number of aryl methyl sites for hydroxylation is 2. The van der Waals surface area contributed by atoms with Crippen LogP contribution in [0.4, 0.5) is 10.1 Å². The molecule has 31 heavy (non-hydrogen) atoms. The molecular formula is C24H18FN3O2S. The minimum Gasteiger partial charge on any atom is -0.278 e. The first-order valence-corrected chi connectivity index (χ1v) is 10.9. The lowest BCUT2D eigenvalue weighted by Gasteiger charge is -2.13. The van der Waals surface area contributed by atoms with Gasteiger partial charge in [-0.15, -0.1) is 0 Å². The average Bonchev–Trinajstić information content (AvgIpc) is 2.74. The third-order valence-electron chi connectivity index (χ3n) is 4.79. The second-order valence-electron chi connectivity index (χ2n) is 7.02. The smallest absolute Gasteiger partial charge is 0.264 e. The summed E-state index contributed by atoms with van der Waals surface area (Å²) in [6.45, 7) is 3.59. The lowest BCUT2D eigenvalue weighted by atomic mass is 10.1. The van der Waals surface area contributed by atoms with Gasteiger partial charge in [-0.2, -0.15) is 0 Å². The number of benzene rings is 2. The van der Waals surface area contributed by atoms with Crippen LogP contribution in [0.25, 0.3) is 10.9 Å². The molecule has 0 aliphatic heterocycles.